The number of benzene rings is 1. The highest BCUT2D eigenvalue weighted by Crippen LogP contribution is 2.27. The quantitative estimate of drug-likeness (QED) is 0.607. The zero-order valence-corrected chi connectivity index (χ0v) is 20.1. The van der Waals surface area contributed by atoms with E-state index in [-0.39, 0.29) is 0 Å². The van der Waals surface area contributed by atoms with Crippen LogP contribution in [-0.2, 0) is 0 Å². The molecule has 0 bridgehead atoms. The Hall–Kier alpha value is -0.940. The molecule has 0 aromatic heterocycles. The van der Waals surface area contributed by atoms with Gasteiger partial charge in [-0.3, -0.25) is 4.90 Å². The van der Waals surface area contributed by atoms with Crippen molar-refractivity contribution in [3.63, 3.8) is 0 Å². The molecule has 0 amide bonds. The Morgan fingerprint density at radius 1 is 0.774 bits per heavy atom. The maximum Gasteiger partial charge on any atom is 0.0475 e. The van der Waals surface area contributed by atoms with Gasteiger partial charge in [0.1, 0.15) is 0 Å². The first-order chi connectivity index (χ1) is 15.3. The number of hydrogen-bond acceptors (Lipinski definition) is 4. The van der Waals surface area contributed by atoms with E-state index in [1.165, 1.54) is 122 Å². The van der Waals surface area contributed by atoms with Gasteiger partial charge in [-0.2, -0.15) is 0 Å². The molecule has 4 nitrogen and oxygen atoms in total. The Kier molecular flexibility index (Phi) is 9.25. The van der Waals surface area contributed by atoms with Gasteiger partial charge >= 0.3 is 0 Å². The normalized spacial score (nSPS) is 24.8. The average Bonchev–Trinajstić information content (AvgIpc) is 3.08. The third-order valence-corrected chi connectivity index (χ3v) is 7.97. The van der Waals surface area contributed by atoms with Crippen molar-refractivity contribution < 1.29 is 0 Å². The van der Waals surface area contributed by atoms with Gasteiger partial charge in [0.15, 0.2) is 0 Å². The second-order valence-corrected chi connectivity index (χ2v) is 10.1. The van der Waals surface area contributed by atoms with Crippen molar-refractivity contribution in [2.45, 2.75) is 70.4 Å². The van der Waals surface area contributed by atoms with Gasteiger partial charge in [0, 0.05) is 38.3 Å². The molecule has 0 spiro atoms. The molecular formula is C27H46N4. The molecular weight excluding hydrogens is 380 g/mol. The molecule has 3 fully saturated rings. The van der Waals surface area contributed by atoms with Crippen LogP contribution in [0.25, 0.3) is 0 Å². The summed E-state index contributed by atoms with van der Waals surface area (Å²) in [6.45, 7) is 15.0. The van der Waals surface area contributed by atoms with Gasteiger partial charge in [-0.1, -0.05) is 50.1 Å². The highest BCUT2D eigenvalue weighted by molar-refractivity contribution is 5.19. The number of likely N-dealkylation sites (tertiary alicyclic amines) is 2. The second-order valence-electron chi connectivity index (χ2n) is 10.1. The predicted molar refractivity (Wildman–Crippen MR) is 132 cm³/mol. The van der Waals surface area contributed by atoms with Crippen LogP contribution >= 0.6 is 0 Å². The molecule has 0 aliphatic carbocycles. The van der Waals surface area contributed by atoms with E-state index < -0.39 is 0 Å². The number of rotatable bonds is 8. The predicted octanol–water partition coefficient (Wildman–Crippen LogP) is 4.49. The van der Waals surface area contributed by atoms with Crippen LogP contribution in [0.3, 0.4) is 0 Å². The topological polar surface area (TPSA) is 13.0 Å². The Bertz CT molecular complexity index is 607. The van der Waals surface area contributed by atoms with E-state index in [2.05, 4.69) is 56.9 Å². The lowest BCUT2D eigenvalue weighted by atomic mass is 9.98. The Morgan fingerprint density at radius 2 is 1.55 bits per heavy atom. The van der Waals surface area contributed by atoms with E-state index in [4.69, 9.17) is 0 Å². The molecule has 4 rings (SSSR count). The summed E-state index contributed by atoms with van der Waals surface area (Å²) in [5.74, 6) is 0. The average molecular weight is 427 g/mol. The second kappa shape index (κ2) is 12.3. The minimum absolute atomic E-state index is 0.541. The minimum atomic E-state index is 0.541. The van der Waals surface area contributed by atoms with Crippen molar-refractivity contribution >= 4 is 0 Å². The summed E-state index contributed by atoms with van der Waals surface area (Å²) in [7, 11) is 0. The molecule has 3 heterocycles. The fraction of sp³-hybridized carbons (Fsp3) is 0.778. The van der Waals surface area contributed by atoms with Crippen LogP contribution < -0.4 is 0 Å². The lowest BCUT2D eigenvalue weighted by Gasteiger charge is -2.42. The SMILES string of the molecule is CCCCN1CCCN(C(CN2CCC(N3CCCCC3)CC2)c2ccccc2)CC1. The summed E-state index contributed by atoms with van der Waals surface area (Å²) in [6, 6.07) is 12.7. The molecule has 0 N–H and O–H groups in total. The zero-order valence-electron chi connectivity index (χ0n) is 20.1. The van der Waals surface area contributed by atoms with Gasteiger partial charge in [0.25, 0.3) is 0 Å². The maximum atomic E-state index is 2.80. The summed E-state index contributed by atoms with van der Waals surface area (Å²) >= 11 is 0. The highest BCUT2D eigenvalue weighted by atomic mass is 15.3. The van der Waals surface area contributed by atoms with Crippen molar-refractivity contribution in [1.29, 1.82) is 0 Å². The van der Waals surface area contributed by atoms with Crippen molar-refractivity contribution in [3.8, 4) is 0 Å². The van der Waals surface area contributed by atoms with Crippen LogP contribution in [0.4, 0.5) is 0 Å². The largest absolute Gasteiger partial charge is 0.302 e. The van der Waals surface area contributed by atoms with Crippen molar-refractivity contribution in [1.82, 2.24) is 19.6 Å². The van der Waals surface area contributed by atoms with Gasteiger partial charge in [0.05, 0.1) is 0 Å². The smallest absolute Gasteiger partial charge is 0.0475 e. The standard InChI is InChI=1S/C27H46N4/c1-2-3-15-28-16-10-19-31(23-22-28)27(25-11-6-4-7-12-25)24-29-20-13-26(14-21-29)30-17-8-5-9-18-30/h4,6-7,11-12,26-27H,2-3,5,8-10,13-24H2,1H3. The number of nitrogens with zero attached hydrogens (tertiary/aromatic N) is 4. The highest BCUT2D eigenvalue weighted by Gasteiger charge is 2.29. The van der Waals surface area contributed by atoms with Crippen LogP contribution in [0.5, 0.6) is 0 Å². The molecule has 0 saturated carbocycles. The minimum Gasteiger partial charge on any atom is -0.302 e. The van der Waals surface area contributed by atoms with Crippen LogP contribution in [0.2, 0.25) is 0 Å². The van der Waals surface area contributed by atoms with Crippen LogP contribution in [-0.4, -0.2) is 91.1 Å². The molecule has 3 aliphatic rings. The number of piperidine rings is 2. The molecule has 174 valence electrons. The van der Waals surface area contributed by atoms with E-state index in [1.807, 2.05) is 0 Å². The van der Waals surface area contributed by atoms with Gasteiger partial charge in [-0.25, -0.2) is 0 Å². The Labute approximate surface area is 191 Å². The van der Waals surface area contributed by atoms with E-state index in [9.17, 15) is 0 Å². The third kappa shape index (κ3) is 6.77. The van der Waals surface area contributed by atoms with Crippen LogP contribution in [0.15, 0.2) is 30.3 Å². The number of hydrogen-bond donors (Lipinski definition) is 0. The summed E-state index contributed by atoms with van der Waals surface area (Å²) in [6.07, 6.45) is 11.0. The monoisotopic (exact) mass is 426 g/mol. The zero-order chi connectivity index (χ0) is 21.3. The van der Waals surface area contributed by atoms with E-state index in [1.54, 1.807) is 0 Å². The fourth-order valence-electron chi connectivity index (χ4n) is 6.01. The summed E-state index contributed by atoms with van der Waals surface area (Å²) in [4.78, 5) is 11.1. The molecule has 1 unspecified atom stereocenters. The van der Waals surface area contributed by atoms with Gasteiger partial charge in [-0.05, 0) is 83.4 Å². The molecule has 1 atom stereocenters. The molecule has 3 saturated heterocycles. The summed E-state index contributed by atoms with van der Waals surface area (Å²) in [5, 5.41) is 0. The first kappa shape index (κ1) is 23.2. The van der Waals surface area contributed by atoms with Gasteiger partial charge in [0.2, 0.25) is 0 Å². The molecule has 4 heteroatoms. The van der Waals surface area contributed by atoms with Crippen LogP contribution in [0.1, 0.15) is 69.9 Å². The first-order valence-electron chi connectivity index (χ1n) is 13.3. The molecule has 0 radical (unpaired) electrons. The third-order valence-electron chi connectivity index (χ3n) is 7.97. The number of unbranched alkanes of at least 4 members (excludes halogenated alkanes) is 1. The van der Waals surface area contributed by atoms with Gasteiger partial charge < -0.3 is 14.7 Å². The van der Waals surface area contributed by atoms with E-state index >= 15 is 0 Å². The molecule has 31 heavy (non-hydrogen) atoms. The summed E-state index contributed by atoms with van der Waals surface area (Å²) in [5.41, 5.74) is 1.52. The lowest BCUT2D eigenvalue weighted by Crippen LogP contribution is -2.48. The lowest BCUT2D eigenvalue weighted by molar-refractivity contribution is 0.0720. The molecule has 3 aliphatic heterocycles. The Balaban J connectivity index is 1.35. The van der Waals surface area contributed by atoms with Crippen LogP contribution in [0, 0.1) is 0 Å². The maximum absolute atomic E-state index is 2.80. The molecule has 1 aromatic rings. The van der Waals surface area contributed by atoms with E-state index in [0.717, 1.165) is 6.04 Å². The van der Waals surface area contributed by atoms with E-state index in [0.29, 0.717) is 6.04 Å². The molecule has 1 aromatic carbocycles. The van der Waals surface area contributed by atoms with Gasteiger partial charge in [-0.15, -0.1) is 0 Å². The van der Waals surface area contributed by atoms with Crippen molar-refractivity contribution in [2.24, 2.45) is 0 Å². The van der Waals surface area contributed by atoms with Crippen molar-refractivity contribution in [2.75, 3.05) is 65.4 Å². The fourth-order valence-corrected chi connectivity index (χ4v) is 6.01. The summed E-state index contributed by atoms with van der Waals surface area (Å²) < 4.78 is 0. The Morgan fingerprint density at radius 3 is 2.29 bits per heavy atom. The van der Waals surface area contributed by atoms with Crippen molar-refractivity contribution in [3.05, 3.63) is 35.9 Å². The first-order valence-corrected chi connectivity index (χ1v) is 13.3.